The summed E-state index contributed by atoms with van der Waals surface area (Å²) in [6.07, 6.45) is 0.897. The molecule has 15 heavy (non-hydrogen) atoms. The van der Waals surface area contributed by atoms with Crippen LogP contribution < -0.4 is 0 Å². The number of nitrogens with one attached hydrogen (secondary N) is 1. The molecule has 0 radical (unpaired) electrons. The van der Waals surface area contributed by atoms with Crippen LogP contribution in [0.2, 0.25) is 0 Å². The topological polar surface area (TPSA) is 41.6 Å². The largest absolute Gasteiger partial charge is 0.328 e. The van der Waals surface area contributed by atoms with Crippen LogP contribution >= 0.6 is 0 Å². The number of aromatic amines is 1. The average molecular weight is 201 g/mol. The summed E-state index contributed by atoms with van der Waals surface area (Å²) in [6.45, 7) is 4.20. The van der Waals surface area contributed by atoms with Crippen LogP contribution in [-0.4, -0.2) is 15.2 Å². The number of rotatable bonds is 3. The molecule has 0 amide bonds. The summed E-state index contributed by atoms with van der Waals surface area (Å²) >= 11 is 0. The Hall–Kier alpha value is -1.64. The molecule has 0 aliphatic rings. The molecule has 0 aliphatic carbocycles. The highest BCUT2D eigenvalue weighted by Gasteiger charge is 2.11. The Kier molecular flexibility index (Phi) is 2.81. The third kappa shape index (κ3) is 2.06. The van der Waals surface area contributed by atoms with Crippen molar-refractivity contribution in [2.45, 2.75) is 26.2 Å². The van der Waals surface area contributed by atoms with E-state index in [1.54, 1.807) is 0 Å². The van der Waals surface area contributed by atoms with Crippen molar-refractivity contribution in [3.8, 4) is 0 Å². The van der Waals surface area contributed by atoms with Gasteiger partial charge < -0.3 is 4.98 Å². The number of aryl methyl sites for hydroxylation is 1. The SMILES string of the molecule is CCc1nnc(C(C)c2ccccc2)[nH]1. The normalized spacial score (nSPS) is 12.7. The van der Waals surface area contributed by atoms with Crippen molar-refractivity contribution in [2.24, 2.45) is 0 Å². The van der Waals surface area contributed by atoms with E-state index in [9.17, 15) is 0 Å². The monoisotopic (exact) mass is 201 g/mol. The Morgan fingerprint density at radius 2 is 1.93 bits per heavy atom. The molecule has 0 spiro atoms. The molecule has 1 unspecified atom stereocenters. The van der Waals surface area contributed by atoms with E-state index >= 15 is 0 Å². The number of hydrogen-bond acceptors (Lipinski definition) is 2. The highest BCUT2D eigenvalue weighted by Crippen LogP contribution is 2.20. The van der Waals surface area contributed by atoms with Gasteiger partial charge in [0, 0.05) is 12.3 Å². The predicted octanol–water partition coefficient (Wildman–Crippen LogP) is 2.52. The summed E-state index contributed by atoms with van der Waals surface area (Å²) in [6, 6.07) is 10.3. The summed E-state index contributed by atoms with van der Waals surface area (Å²) in [4.78, 5) is 3.24. The molecule has 0 saturated heterocycles. The molecule has 1 aromatic carbocycles. The summed E-state index contributed by atoms with van der Waals surface area (Å²) in [5, 5.41) is 8.23. The van der Waals surface area contributed by atoms with Crippen LogP contribution in [0.1, 0.15) is 37.0 Å². The standard InChI is InChI=1S/C12H15N3/c1-3-11-13-12(15-14-11)9(2)10-7-5-4-6-8-10/h4-9H,3H2,1-2H3,(H,13,14,15). The van der Waals surface area contributed by atoms with Crippen molar-refractivity contribution in [3.63, 3.8) is 0 Å². The molecule has 3 heteroatoms. The van der Waals surface area contributed by atoms with Gasteiger partial charge in [-0.25, -0.2) is 0 Å². The van der Waals surface area contributed by atoms with E-state index in [2.05, 4.69) is 41.2 Å². The van der Waals surface area contributed by atoms with Crippen molar-refractivity contribution in [1.82, 2.24) is 15.2 Å². The molecule has 0 saturated carbocycles. The Balaban J connectivity index is 2.24. The summed E-state index contributed by atoms with van der Waals surface area (Å²) in [5.41, 5.74) is 1.26. The van der Waals surface area contributed by atoms with E-state index < -0.39 is 0 Å². The van der Waals surface area contributed by atoms with E-state index in [1.165, 1.54) is 5.56 Å². The Bertz CT molecular complexity index is 419. The van der Waals surface area contributed by atoms with Crippen molar-refractivity contribution in [1.29, 1.82) is 0 Å². The molecule has 2 rings (SSSR count). The van der Waals surface area contributed by atoms with Crippen molar-refractivity contribution < 1.29 is 0 Å². The molecule has 3 nitrogen and oxygen atoms in total. The maximum absolute atomic E-state index is 4.16. The van der Waals surface area contributed by atoms with Gasteiger partial charge in [0.05, 0.1) is 0 Å². The number of aromatic nitrogens is 3. The second kappa shape index (κ2) is 4.26. The lowest BCUT2D eigenvalue weighted by molar-refractivity contribution is 0.822. The molecular formula is C12H15N3. The lowest BCUT2D eigenvalue weighted by Gasteiger charge is -2.07. The van der Waals surface area contributed by atoms with E-state index in [0.29, 0.717) is 0 Å². The van der Waals surface area contributed by atoms with Crippen molar-refractivity contribution in [3.05, 3.63) is 47.5 Å². The first-order valence-corrected chi connectivity index (χ1v) is 5.27. The van der Waals surface area contributed by atoms with Gasteiger partial charge in [0.2, 0.25) is 0 Å². The van der Waals surface area contributed by atoms with Gasteiger partial charge >= 0.3 is 0 Å². The fourth-order valence-electron chi connectivity index (χ4n) is 1.57. The van der Waals surface area contributed by atoms with E-state index in [4.69, 9.17) is 0 Å². The van der Waals surface area contributed by atoms with Crippen molar-refractivity contribution in [2.75, 3.05) is 0 Å². The summed E-state index contributed by atoms with van der Waals surface area (Å²) in [5.74, 6) is 2.17. The predicted molar refractivity (Wildman–Crippen MR) is 59.7 cm³/mol. The zero-order chi connectivity index (χ0) is 10.7. The molecule has 78 valence electrons. The van der Waals surface area contributed by atoms with Crippen LogP contribution in [0, 0.1) is 0 Å². The molecule has 1 N–H and O–H groups in total. The summed E-state index contributed by atoms with van der Waals surface area (Å²) in [7, 11) is 0. The third-order valence-electron chi connectivity index (χ3n) is 2.60. The first-order chi connectivity index (χ1) is 7.31. The van der Waals surface area contributed by atoms with Crippen molar-refractivity contribution >= 4 is 0 Å². The summed E-state index contributed by atoms with van der Waals surface area (Å²) < 4.78 is 0. The molecule has 0 fully saturated rings. The van der Waals surface area contributed by atoms with Gasteiger partial charge in [0.15, 0.2) is 0 Å². The number of hydrogen-bond donors (Lipinski definition) is 1. The Morgan fingerprint density at radius 3 is 2.53 bits per heavy atom. The van der Waals surface area contributed by atoms with Crippen LogP contribution in [0.3, 0.4) is 0 Å². The zero-order valence-electron chi connectivity index (χ0n) is 9.07. The maximum atomic E-state index is 4.16. The minimum absolute atomic E-state index is 0.277. The fraction of sp³-hybridized carbons (Fsp3) is 0.333. The molecule has 1 aromatic heterocycles. The first kappa shape index (κ1) is 9.90. The highest BCUT2D eigenvalue weighted by atomic mass is 15.2. The van der Waals surface area contributed by atoms with E-state index in [0.717, 1.165) is 18.1 Å². The minimum atomic E-state index is 0.277. The fourth-order valence-corrected chi connectivity index (χ4v) is 1.57. The average Bonchev–Trinajstić information content (AvgIpc) is 2.78. The van der Waals surface area contributed by atoms with E-state index in [-0.39, 0.29) is 5.92 Å². The van der Waals surface area contributed by atoms with Gasteiger partial charge in [0.25, 0.3) is 0 Å². The number of H-pyrrole nitrogens is 1. The van der Waals surface area contributed by atoms with Gasteiger partial charge in [-0.05, 0) is 5.56 Å². The quantitative estimate of drug-likeness (QED) is 0.829. The van der Waals surface area contributed by atoms with Gasteiger partial charge in [-0.1, -0.05) is 44.2 Å². The lowest BCUT2D eigenvalue weighted by atomic mass is 10.0. The Labute approximate surface area is 89.6 Å². The molecular weight excluding hydrogens is 186 g/mol. The second-order valence-corrected chi connectivity index (χ2v) is 3.64. The van der Waals surface area contributed by atoms with Gasteiger partial charge in [-0.3, -0.25) is 0 Å². The van der Waals surface area contributed by atoms with Gasteiger partial charge in [-0.2, -0.15) is 0 Å². The van der Waals surface area contributed by atoms with Gasteiger partial charge in [-0.15, -0.1) is 10.2 Å². The zero-order valence-corrected chi connectivity index (χ0v) is 9.07. The first-order valence-electron chi connectivity index (χ1n) is 5.27. The molecule has 1 heterocycles. The number of nitrogens with zero attached hydrogens (tertiary/aromatic N) is 2. The smallest absolute Gasteiger partial charge is 0.137 e. The molecule has 2 aromatic rings. The minimum Gasteiger partial charge on any atom is -0.328 e. The van der Waals surface area contributed by atoms with Gasteiger partial charge in [0.1, 0.15) is 11.6 Å². The van der Waals surface area contributed by atoms with Crippen LogP contribution in [0.15, 0.2) is 30.3 Å². The highest BCUT2D eigenvalue weighted by molar-refractivity contribution is 5.24. The third-order valence-corrected chi connectivity index (χ3v) is 2.60. The van der Waals surface area contributed by atoms with Crippen LogP contribution in [0.5, 0.6) is 0 Å². The lowest BCUT2D eigenvalue weighted by Crippen LogP contribution is -1.98. The number of benzene rings is 1. The second-order valence-electron chi connectivity index (χ2n) is 3.64. The van der Waals surface area contributed by atoms with E-state index in [1.807, 2.05) is 18.2 Å². The molecule has 1 atom stereocenters. The maximum Gasteiger partial charge on any atom is 0.137 e. The molecule has 0 bridgehead atoms. The van der Waals surface area contributed by atoms with Crippen LogP contribution in [0.4, 0.5) is 0 Å². The van der Waals surface area contributed by atoms with Crippen LogP contribution in [0.25, 0.3) is 0 Å². The Morgan fingerprint density at radius 1 is 1.20 bits per heavy atom. The molecule has 0 aliphatic heterocycles. The van der Waals surface area contributed by atoms with Crippen LogP contribution in [-0.2, 0) is 6.42 Å².